The largest absolute Gasteiger partial charge is 0.343 e. The predicted molar refractivity (Wildman–Crippen MR) is 81.3 cm³/mol. The van der Waals surface area contributed by atoms with Gasteiger partial charge in [0.05, 0.1) is 10.5 Å². The molecule has 0 aromatic heterocycles. The van der Waals surface area contributed by atoms with Crippen LogP contribution >= 0.6 is 0 Å². The lowest BCUT2D eigenvalue weighted by molar-refractivity contribution is -0.127. The standard InChI is InChI=1S/C15H19N3O3S/c1-3-18-11-12(8-15(18)19)10-17(2)22(20,21)14-7-5-4-6-13(14)9-16/h4-7,12H,3,8,10-11H2,1-2H3. The summed E-state index contributed by atoms with van der Waals surface area (Å²) in [5.41, 5.74) is 0.132. The monoisotopic (exact) mass is 321 g/mol. The second kappa shape index (κ2) is 6.46. The van der Waals surface area contributed by atoms with E-state index < -0.39 is 10.0 Å². The highest BCUT2D eigenvalue weighted by Crippen LogP contribution is 2.23. The van der Waals surface area contributed by atoms with Crippen molar-refractivity contribution < 1.29 is 13.2 Å². The van der Waals surface area contributed by atoms with E-state index in [-0.39, 0.29) is 28.8 Å². The number of carbonyl (C=O) groups excluding carboxylic acids is 1. The topological polar surface area (TPSA) is 81.5 Å². The van der Waals surface area contributed by atoms with Gasteiger partial charge in [0.2, 0.25) is 15.9 Å². The van der Waals surface area contributed by atoms with Crippen LogP contribution in [0.15, 0.2) is 29.2 Å². The highest BCUT2D eigenvalue weighted by atomic mass is 32.2. The minimum atomic E-state index is -3.73. The van der Waals surface area contributed by atoms with Crippen LogP contribution in [0, 0.1) is 17.2 Å². The van der Waals surface area contributed by atoms with Crippen LogP contribution in [0.2, 0.25) is 0 Å². The van der Waals surface area contributed by atoms with E-state index >= 15 is 0 Å². The highest BCUT2D eigenvalue weighted by molar-refractivity contribution is 7.89. The van der Waals surface area contributed by atoms with Crippen LogP contribution < -0.4 is 0 Å². The molecule has 0 bridgehead atoms. The molecule has 1 aromatic rings. The fourth-order valence-corrected chi connectivity index (χ4v) is 4.08. The Balaban J connectivity index is 2.17. The number of rotatable bonds is 5. The van der Waals surface area contributed by atoms with Crippen molar-refractivity contribution in [3.63, 3.8) is 0 Å². The molecular formula is C15H19N3O3S. The van der Waals surface area contributed by atoms with Gasteiger partial charge in [-0.2, -0.15) is 5.26 Å². The third kappa shape index (κ3) is 3.13. The average Bonchev–Trinajstić information content (AvgIpc) is 2.86. The van der Waals surface area contributed by atoms with Gasteiger partial charge in [0, 0.05) is 33.1 Å². The lowest BCUT2D eigenvalue weighted by atomic mass is 10.1. The van der Waals surface area contributed by atoms with Gasteiger partial charge in [-0.1, -0.05) is 12.1 Å². The van der Waals surface area contributed by atoms with Crippen molar-refractivity contribution in [2.45, 2.75) is 18.2 Å². The quantitative estimate of drug-likeness (QED) is 0.811. The molecule has 0 N–H and O–H groups in total. The summed E-state index contributed by atoms with van der Waals surface area (Å²) in [5.74, 6) is 0.0530. The van der Waals surface area contributed by atoms with E-state index in [2.05, 4.69) is 0 Å². The van der Waals surface area contributed by atoms with Gasteiger partial charge in [-0.15, -0.1) is 0 Å². The van der Waals surface area contributed by atoms with Crippen LogP contribution in [0.25, 0.3) is 0 Å². The number of benzene rings is 1. The maximum atomic E-state index is 12.6. The third-order valence-electron chi connectivity index (χ3n) is 3.89. The Bertz CT molecular complexity index is 709. The first-order chi connectivity index (χ1) is 10.4. The van der Waals surface area contributed by atoms with E-state index in [0.717, 1.165) is 0 Å². The summed E-state index contributed by atoms with van der Waals surface area (Å²) >= 11 is 0. The number of nitrogens with zero attached hydrogens (tertiary/aromatic N) is 3. The second-order valence-electron chi connectivity index (χ2n) is 5.40. The first kappa shape index (κ1) is 16.5. The molecule has 1 fully saturated rings. The van der Waals surface area contributed by atoms with Crippen LogP contribution in [0.3, 0.4) is 0 Å². The first-order valence-corrected chi connectivity index (χ1v) is 8.57. The van der Waals surface area contributed by atoms with E-state index in [1.807, 2.05) is 13.0 Å². The van der Waals surface area contributed by atoms with Crippen LogP contribution in [-0.4, -0.2) is 50.2 Å². The van der Waals surface area contributed by atoms with Crippen LogP contribution in [0.4, 0.5) is 0 Å². The number of carbonyl (C=O) groups is 1. The van der Waals surface area contributed by atoms with E-state index in [1.165, 1.54) is 23.5 Å². The molecule has 6 nitrogen and oxygen atoms in total. The Morgan fingerprint density at radius 1 is 1.41 bits per heavy atom. The molecule has 1 aromatic carbocycles. The molecule has 0 radical (unpaired) electrons. The number of hydrogen-bond donors (Lipinski definition) is 0. The van der Waals surface area contributed by atoms with Crippen LogP contribution in [0.5, 0.6) is 0 Å². The maximum Gasteiger partial charge on any atom is 0.244 e. The van der Waals surface area contributed by atoms with E-state index in [1.54, 1.807) is 17.0 Å². The molecule has 118 valence electrons. The van der Waals surface area contributed by atoms with Gasteiger partial charge in [0.15, 0.2) is 0 Å². The van der Waals surface area contributed by atoms with E-state index in [9.17, 15) is 13.2 Å². The summed E-state index contributed by atoms with van der Waals surface area (Å²) in [6, 6.07) is 8.05. The van der Waals surface area contributed by atoms with Gasteiger partial charge in [0.1, 0.15) is 6.07 Å². The molecule has 1 unspecified atom stereocenters. The van der Waals surface area contributed by atoms with Gasteiger partial charge in [-0.3, -0.25) is 4.79 Å². The molecule has 2 rings (SSSR count). The normalized spacial score (nSPS) is 18.7. The Kier molecular flexibility index (Phi) is 4.84. The Labute approximate surface area is 131 Å². The number of likely N-dealkylation sites (tertiary alicyclic amines) is 1. The molecule has 1 aliphatic heterocycles. The number of nitriles is 1. The lowest BCUT2D eigenvalue weighted by Crippen LogP contribution is -2.33. The van der Waals surface area contributed by atoms with Gasteiger partial charge >= 0.3 is 0 Å². The first-order valence-electron chi connectivity index (χ1n) is 7.13. The minimum Gasteiger partial charge on any atom is -0.343 e. The average molecular weight is 321 g/mol. The van der Waals surface area contributed by atoms with Crippen molar-refractivity contribution in [1.29, 1.82) is 5.26 Å². The zero-order valence-electron chi connectivity index (χ0n) is 12.7. The molecule has 1 atom stereocenters. The number of hydrogen-bond acceptors (Lipinski definition) is 4. The van der Waals surface area contributed by atoms with Crippen molar-refractivity contribution in [3.8, 4) is 6.07 Å². The highest BCUT2D eigenvalue weighted by Gasteiger charge is 2.32. The second-order valence-corrected chi connectivity index (χ2v) is 7.41. The van der Waals surface area contributed by atoms with Gasteiger partial charge < -0.3 is 4.90 Å². The van der Waals surface area contributed by atoms with Gasteiger partial charge in [0.25, 0.3) is 0 Å². The number of sulfonamides is 1. The third-order valence-corrected chi connectivity index (χ3v) is 5.77. The molecule has 1 amide bonds. The summed E-state index contributed by atoms with van der Waals surface area (Å²) in [4.78, 5) is 13.5. The van der Waals surface area contributed by atoms with E-state index in [0.29, 0.717) is 19.5 Å². The zero-order chi connectivity index (χ0) is 16.3. The fourth-order valence-electron chi connectivity index (χ4n) is 2.70. The SMILES string of the molecule is CCN1CC(CN(C)S(=O)(=O)c2ccccc2C#N)CC1=O. The van der Waals surface area contributed by atoms with Crippen LogP contribution in [0.1, 0.15) is 18.9 Å². The van der Waals surface area contributed by atoms with Crippen molar-refractivity contribution in [1.82, 2.24) is 9.21 Å². The fraction of sp³-hybridized carbons (Fsp3) is 0.467. The molecule has 1 saturated heterocycles. The molecule has 7 heteroatoms. The molecular weight excluding hydrogens is 302 g/mol. The Morgan fingerprint density at radius 2 is 2.09 bits per heavy atom. The number of amides is 1. The molecule has 22 heavy (non-hydrogen) atoms. The summed E-state index contributed by atoms with van der Waals surface area (Å²) in [7, 11) is -2.24. The molecule has 1 aliphatic rings. The Hall–Kier alpha value is -1.91. The van der Waals surface area contributed by atoms with Crippen LogP contribution in [-0.2, 0) is 14.8 Å². The van der Waals surface area contributed by atoms with E-state index in [4.69, 9.17) is 5.26 Å². The molecule has 0 saturated carbocycles. The lowest BCUT2D eigenvalue weighted by Gasteiger charge is -2.21. The zero-order valence-corrected chi connectivity index (χ0v) is 13.5. The molecule has 0 aliphatic carbocycles. The molecule has 0 spiro atoms. The summed E-state index contributed by atoms with van der Waals surface area (Å²) in [6.45, 7) is 3.40. The summed E-state index contributed by atoms with van der Waals surface area (Å²) in [6.07, 6.45) is 0.369. The smallest absolute Gasteiger partial charge is 0.244 e. The Morgan fingerprint density at radius 3 is 2.68 bits per heavy atom. The van der Waals surface area contributed by atoms with Crippen molar-refractivity contribution in [2.75, 3.05) is 26.7 Å². The maximum absolute atomic E-state index is 12.6. The van der Waals surface area contributed by atoms with Crippen molar-refractivity contribution >= 4 is 15.9 Å². The summed E-state index contributed by atoms with van der Waals surface area (Å²) < 4.78 is 26.5. The minimum absolute atomic E-state index is 0.0108. The van der Waals surface area contributed by atoms with Gasteiger partial charge in [-0.05, 0) is 25.0 Å². The summed E-state index contributed by atoms with van der Waals surface area (Å²) in [5, 5.41) is 9.06. The van der Waals surface area contributed by atoms with Crippen molar-refractivity contribution in [3.05, 3.63) is 29.8 Å². The van der Waals surface area contributed by atoms with Crippen molar-refractivity contribution in [2.24, 2.45) is 5.92 Å². The van der Waals surface area contributed by atoms with Gasteiger partial charge in [-0.25, -0.2) is 12.7 Å². The molecule has 1 heterocycles. The predicted octanol–water partition coefficient (Wildman–Crippen LogP) is 1.05.